The number of aromatic nitrogens is 8. The predicted octanol–water partition coefficient (Wildman–Crippen LogP) is 9.76. The van der Waals surface area contributed by atoms with Gasteiger partial charge in [-0.1, -0.05) is 83.9 Å². The van der Waals surface area contributed by atoms with Crippen molar-refractivity contribution in [2.45, 2.75) is 50.4 Å². The normalized spacial score (nSPS) is 15.7. The summed E-state index contributed by atoms with van der Waals surface area (Å²) >= 11 is 12.3. The van der Waals surface area contributed by atoms with Gasteiger partial charge < -0.3 is 46.9 Å². The number of benzene rings is 6. The zero-order valence-corrected chi connectivity index (χ0v) is 50.0. The van der Waals surface area contributed by atoms with E-state index in [0.717, 1.165) is 4.90 Å². The van der Waals surface area contributed by atoms with Crippen molar-refractivity contribution in [3.63, 3.8) is 0 Å². The Labute approximate surface area is 535 Å². The minimum atomic E-state index is -1.48. The minimum absolute atomic E-state index is 0. The van der Waals surface area contributed by atoms with Crippen LogP contribution in [0.25, 0.3) is 44.1 Å². The molecule has 12 rings (SSSR count). The van der Waals surface area contributed by atoms with Crippen LogP contribution < -0.4 is 36.9 Å². The van der Waals surface area contributed by atoms with Gasteiger partial charge in [0.1, 0.15) is 55.6 Å². The Kier molecular flexibility index (Phi) is 21.0. The molecule has 0 spiro atoms. The first-order valence-corrected chi connectivity index (χ1v) is 28.2. The molecule has 5 amide bonds. The van der Waals surface area contributed by atoms with E-state index in [2.05, 4.69) is 46.1 Å². The summed E-state index contributed by atoms with van der Waals surface area (Å²) in [7, 11) is 0. The third-order valence-electron chi connectivity index (χ3n) is 14.1. The molecule has 0 aliphatic carbocycles. The molecule has 92 heavy (non-hydrogen) atoms. The topological polar surface area (TPSA) is 320 Å². The number of carboxylic acids is 1. The smallest absolute Gasteiger partial charge is 0.325 e. The fraction of sp³-hybridized carbons (Fsp3) is 0.161. The molecule has 30 heteroatoms. The predicted molar refractivity (Wildman–Crippen MR) is 333 cm³/mol. The number of fused-ring (bicyclic) bond motifs is 2. The SMILES string of the molecule is Cl.NC(=O)c1nn(CC(=O)N2C[C@H](F)C[C@H]2C(=O)Nc2cccc(-c3ccccc3Cl)c2F)c2ccc(Oc3cncnc3)cc12.NC(=O)c1nn(CC(=O)O)c2ccc(Oc3cncnc3)cc12.O=C(Nc1cccc(-c2ccccc2Cl)c1F)[C@@H]1C[C@@H](F)CN1. The van der Waals surface area contributed by atoms with Crippen molar-refractivity contribution < 1.29 is 60.9 Å². The third kappa shape index (κ3) is 15.3. The number of primary amides is 2. The van der Waals surface area contributed by atoms with E-state index < -0.39 is 78.1 Å². The highest BCUT2D eigenvalue weighted by Gasteiger charge is 2.40. The number of hydrogen-bond acceptors (Lipinski definition) is 15. The summed E-state index contributed by atoms with van der Waals surface area (Å²) in [5, 5.41) is 26.4. The number of amides is 5. The lowest BCUT2D eigenvalue weighted by atomic mass is 10.0. The zero-order chi connectivity index (χ0) is 64.5. The minimum Gasteiger partial charge on any atom is -0.480 e. The number of hydrogen-bond donors (Lipinski definition) is 6. The molecule has 2 aliphatic rings. The van der Waals surface area contributed by atoms with Gasteiger partial charge in [0.15, 0.2) is 34.5 Å². The molecule has 2 aliphatic heterocycles. The molecular formula is C62H51Cl3F4N14O9. The van der Waals surface area contributed by atoms with Gasteiger partial charge in [0.2, 0.25) is 17.7 Å². The Bertz CT molecular complexity index is 4400. The monoisotopic (exact) mass is 1320 g/mol. The first kappa shape index (κ1) is 65.8. The van der Waals surface area contributed by atoms with Crippen LogP contribution in [-0.4, -0.2) is 123 Å². The summed E-state index contributed by atoms with van der Waals surface area (Å²) in [6.45, 7) is -1.02. The summed E-state index contributed by atoms with van der Waals surface area (Å²) in [4.78, 5) is 90.0. The van der Waals surface area contributed by atoms with Gasteiger partial charge in [-0.25, -0.2) is 37.5 Å². The number of ether oxygens (including phenoxy) is 2. The molecule has 23 nitrogen and oxygen atoms in total. The summed E-state index contributed by atoms with van der Waals surface area (Å²) < 4.78 is 71.7. The number of carboxylic acid groups (broad SMARTS) is 1. The molecule has 0 unspecified atom stereocenters. The van der Waals surface area contributed by atoms with E-state index in [4.69, 9.17) is 49.2 Å². The summed E-state index contributed by atoms with van der Waals surface area (Å²) in [6.07, 6.45) is 5.89. The molecule has 8 N–H and O–H groups in total. The van der Waals surface area contributed by atoms with E-state index in [-0.39, 0.29) is 73.2 Å². The molecule has 4 aromatic heterocycles. The lowest BCUT2D eigenvalue weighted by molar-refractivity contribution is -0.138. The van der Waals surface area contributed by atoms with Crippen molar-refractivity contribution in [2.24, 2.45) is 11.5 Å². The van der Waals surface area contributed by atoms with E-state index >= 15 is 4.39 Å². The second kappa shape index (κ2) is 29.4. The van der Waals surface area contributed by atoms with Gasteiger partial charge >= 0.3 is 5.97 Å². The summed E-state index contributed by atoms with van der Waals surface area (Å²) in [5.74, 6) is -4.25. The number of carbonyl (C=O) groups is 6. The van der Waals surface area contributed by atoms with E-state index in [1.54, 1.807) is 97.1 Å². The third-order valence-corrected chi connectivity index (χ3v) is 14.8. The number of carbonyl (C=O) groups excluding carboxylic acids is 5. The van der Waals surface area contributed by atoms with Crippen molar-refractivity contribution >= 4 is 104 Å². The average molecular weight is 1320 g/mol. The molecular weight excluding hydrogens is 1270 g/mol. The molecule has 0 radical (unpaired) electrons. The van der Waals surface area contributed by atoms with Crippen LogP contribution >= 0.6 is 35.6 Å². The average Bonchev–Trinajstić information content (AvgIpc) is 1.63. The summed E-state index contributed by atoms with van der Waals surface area (Å²) in [6, 6.07) is 30.4. The molecule has 6 aromatic carbocycles. The quantitative estimate of drug-likeness (QED) is 0.0490. The highest BCUT2D eigenvalue weighted by atomic mass is 35.5. The van der Waals surface area contributed by atoms with Crippen molar-refractivity contribution in [1.29, 1.82) is 0 Å². The van der Waals surface area contributed by atoms with Crippen molar-refractivity contribution in [3.8, 4) is 45.3 Å². The number of nitrogens with zero attached hydrogens (tertiary/aromatic N) is 9. The van der Waals surface area contributed by atoms with Crippen molar-refractivity contribution in [2.75, 3.05) is 23.7 Å². The number of rotatable bonds is 16. The van der Waals surface area contributed by atoms with E-state index in [9.17, 15) is 41.9 Å². The maximum absolute atomic E-state index is 15.5. The number of aliphatic carboxylic acids is 1. The van der Waals surface area contributed by atoms with E-state index in [0.29, 0.717) is 71.5 Å². The van der Waals surface area contributed by atoms with Crippen molar-refractivity contribution in [3.05, 3.63) is 192 Å². The zero-order valence-electron chi connectivity index (χ0n) is 47.6. The lowest BCUT2D eigenvalue weighted by Crippen LogP contribution is -2.44. The molecule has 10 aromatic rings. The fourth-order valence-corrected chi connectivity index (χ4v) is 10.5. The van der Waals surface area contributed by atoms with Crippen LogP contribution in [0.3, 0.4) is 0 Å². The standard InChI is InChI=1S/C31H24ClF2N7O4.C17H15ClF2N2O.C14H11N5O4.ClH/c32-23-6-2-1-4-20(23)21-5-3-7-24(28(21)34)38-31(44)26-10-17(33)14-40(26)27(42)15-41-25-9-8-18(45-19-12-36-16-37-13-19)11-22(25)29(39-41)30(35)43;18-13-6-2-1-4-11(13)12-5-3-7-14(16(12)20)22-17(23)15-8-10(19)9-21-15;15-14(22)13-10-3-8(23-9-4-16-7-17-5-9)1-2-11(10)19(18-13)6-12(20)21;/h1-9,11-13,16-17,26H,10,14-15H2,(H2,35,43)(H,38,44);1-7,10,15,21H,8-9H2,(H,22,23);1-5,7H,6H2,(H2,15,22)(H,20,21);1H/t17-,26+;10-,15+;;/m11../s1. The Morgan fingerprint density at radius 2 is 1.04 bits per heavy atom. The largest absolute Gasteiger partial charge is 0.480 e. The molecule has 0 saturated carbocycles. The molecule has 2 saturated heterocycles. The molecule has 472 valence electrons. The number of alkyl halides is 2. The lowest BCUT2D eigenvalue weighted by Gasteiger charge is -2.24. The summed E-state index contributed by atoms with van der Waals surface area (Å²) in [5.41, 5.74) is 12.9. The molecule has 0 bridgehead atoms. The van der Waals surface area contributed by atoms with Crippen LogP contribution in [0.4, 0.5) is 28.9 Å². The highest BCUT2D eigenvalue weighted by Crippen LogP contribution is 2.36. The Morgan fingerprint density at radius 1 is 0.587 bits per heavy atom. The van der Waals surface area contributed by atoms with Gasteiger partial charge in [0.05, 0.1) is 59.8 Å². The Morgan fingerprint density at radius 3 is 1.49 bits per heavy atom. The maximum Gasteiger partial charge on any atom is 0.325 e. The Hall–Kier alpha value is -10.6. The number of likely N-dealkylation sites (tertiary alicyclic amines) is 1. The van der Waals surface area contributed by atoms with Crippen LogP contribution in [-0.2, 0) is 32.3 Å². The first-order chi connectivity index (χ1) is 43.8. The van der Waals surface area contributed by atoms with Crippen LogP contribution in [0.1, 0.15) is 33.8 Å². The number of nitrogens with one attached hydrogen (secondary N) is 3. The van der Waals surface area contributed by atoms with Crippen LogP contribution in [0.5, 0.6) is 23.0 Å². The maximum atomic E-state index is 15.5. The van der Waals surface area contributed by atoms with Gasteiger partial charge in [0, 0.05) is 62.5 Å². The van der Waals surface area contributed by atoms with Crippen LogP contribution in [0.15, 0.2) is 159 Å². The number of nitrogens with two attached hydrogens (primary N) is 2. The molecule has 2 fully saturated rings. The van der Waals surface area contributed by atoms with E-state index in [1.165, 1.54) is 71.1 Å². The number of anilines is 2. The van der Waals surface area contributed by atoms with Gasteiger partial charge in [-0.15, -0.1) is 12.4 Å². The molecule has 4 atom stereocenters. The van der Waals surface area contributed by atoms with Gasteiger partial charge in [-0.05, 0) is 60.7 Å². The van der Waals surface area contributed by atoms with Gasteiger partial charge in [0.25, 0.3) is 11.8 Å². The van der Waals surface area contributed by atoms with Gasteiger partial charge in [-0.3, -0.25) is 38.1 Å². The first-order valence-electron chi connectivity index (χ1n) is 27.5. The van der Waals surface area contributed by atoms with Crippen LogP contribution in [0.2, 0.25) is 10.0 Å². The van der Waals surface area contributed by atoms with Gasteiger partial charge in [-0.2, -0.15) is 10.2 Å². The second-order valence-corrected chi connectivity index (χ2v) is 21.1. The number of halogens is 7. The highest BCUT2D eigenvalue weighted by molar-refractivity contribution is 6.33. The molecule has 6 heterocycles. The van der Waals surface area contributed by atoms with Crippen LogP contribution in [0, 0.1) is 11.6 Å². The second-order valence-electron chi connectivity index (χ2n) is 20.3. The fourth-order valence-electron chi connectivity index (χ4n) is 10.0. The van der Waals surface area contributed by atoms with E-state index in [1.807, 2.05) is 0 Å². The Balaban J connectivity index is 0.000000179. The van der Waals surface area contributed by atoms with Crippen molar-refractivity contribution in [1.82, 2.24) is 49.7 Å².